The first-order valence-corrected chi connectivity index (χ1v) is 7.36. The molecule has 1 aliphatic rings. The molecule has 4 nitrogen and oxygen atoms in total. The van der Waals surface area contributed by atoms with E-state index in [-0.39, 0.29) is 0 Å². The minimum atomic E-state index is 0.352. The van der Waals surface area contributed by atoms with Gasteiger partial charge in [-0.1, -0.05) is 11.6 Å². The van der Waals surface area contributed by atoms with Gasteiger partial charge in [0.1, 0.15) is 5.82 Å². The van der Waals surface area contributed by atoms with Crippen LogP contribution in [-0.2, 0) is 4.74 Å². The molecule has 1 unspecified atom stereocenters. The van der Waals surface area contributed by atoms with E-state index in [0.717, 1.165) is 47.3 Å². The van der Waals surface area contributed by atoms with E-state index in [4.69, 9.17) is 21.3 Å². The summed E-state index contributed by atoms with van der Waals surface area (Å²) in [6.07, 6.45) is 6.62. The summed E-state index contributed by atoms with van der Waals surface area (Å²) >= 11 is 5.97. The Hall–Kier alpha value is -1.91. The van der Waals surface area contributed by atoms with Gasteiger partial charge >= 0.3 is 0 Å². The Kier molecular flexibility index (Phi) is 3.13. The summed E-state index contributed by atoms with van der Waals surface area (Å²) in [6, 6.07) is 7.76. The topological polar surface area (TPSA) is 39.4 Å². The van der Waals surface area contributed by atoms with Crippen LogP contribution in [-0.4, -0.2) is 27.6 Å². The molecule has 1 aromatic carbocycles. The molecule has 1 aliphatic heterocycles. The molecule has 0 aliphatic carbocycles. The molecule has 0 bridgehead atoms. The van der Waals surface area contributed by atoms with Crippen LogP contribution in [0.25, 0.3) is 16.9 Å². The van der Waals surface area contributed by atoms with Crippen LogP contribution in [0, 0.1) is 0 Å². The number of halogens is 1. The zero-order valence-electron chi connectivity index (χ0n) is 11.4. The fourth-order valence-electron chi connectivity index (χ4n) is 2.81. The van der Waals surface area contributed by atoms with Gasteiger partial charge in [-0.05, 0) is 30.7 Å². The summed E-state index contributed by atoms with van der Waals surface area (Å²) in [7, 11) is 0. The number of ether oxygens (including phenoxy) is 1. The van der Waals surface area contributed by atoms with Gasteiger partial charge in [0, 0.05) is 35.5 Å². The normalized spacial score (nSPS) is 18.4. The van der Waals surface area contributed by atoms with Crippen molar-refractivity contribution in [3.8, 4) is 11.4 Å². The molecule has 0 saturated carbocycles. The smallest absolute Gasteiger partial charge is 0.144 e. The van der Waals surface area contributed by atoms with Crippen molar-refractivity contribution >= 4 is 17.1 Å². The third-order valence-electron chi connectivity index (χ3n) is 3.89. The van der Waals surface area contributed by atoms with E-state index in [1.807, 2.05) is 36.7 Å². The number of rotatable bonds is 2. The van der Waals surface area contributed by atoms with E-state index >= 15 is 0 Å². The van der Waals surface area contributed by atoms with Crippen molar-refractivity contribution < 1.29 is 4.74 Å². The van der Waals surface area contributed by atoms with Crippen LogP contribution in [0.1, 0.15) is 18.0 Å². The molecule has 3 heterocycles. The summed E-state index contributed by atoms with van der Waals surface area (Å²) in [5.41, 5.74) is 3.18. The highest BCUT2D eigenvalue weighted by atomic mass is 35.5. The second-order valence-electron chi connectivity index (χ2n) is 5.22. The molecule has 1 atom stereocenters. The van der Waals surface area contributed by atoms with Crippen LogP contribution in [0.3, 0.4) is 0 Å². The minimum absolute atomic E-state index is 0.352. The van der Waals surface area contributed by atoms with Gasteiger partial charge in [-0.25, -0.2) is 4.98 Å². The van der Waals surface area contributed by atoms with Crippen molar-refractivity contribution in [2.24, 2.45) is 0 Å². The van der Waals surface area contributed by atoms with Gasteiger partial charge in [0.2, 0.25) is 0 Å². The Morgan fingerprint density at radius 3 is 2.86 bits per heavy atom. The molecule has 4 rings (SSSR count). The van der Waals surface area contributed by atoms with Gasteiger partial charge in [-0.2, -0.15) is 0 Å². The van der Waals surface area contributed by atoms with Crippen molar-refractivity contribution in [1.29, 1.82) is 0 Å². The van der Waals surface area contributed by atoms with Crippen LogP contribution in [0.15, 0.2) is 42.9 Å². The van der Waals surface area contributed by atoms with Gasteiger partial charge in [-0.15, -0.1) is 0 Å². The molecule has 106 valence electrons. The molecule has 0 spiro atoms. The third kappa shape index (κ3) is 2.20. The number of hydrogen-bond donors (Lipinski definition) is 0. The summed E-state index contributed by atoms with van der Waals surface area (Å²) < 4.78 is 7.59. The maximum atomic E-state index is 5.97. The zero-order valence-corrected chi connectivity index (χ0v) is 12.1. The molecule has 0 amide bonds. The number of nitrogens with zero attached hydrogens (tertiary/aromatic N) is 3. The standard InChI is InChI=1S/C16H14ClN3O/c17-13-3-1-11(2-4-13)16-19-15(12-5-8-21-10-12)14-9-18-6-7-20(14)16/h1-4,6-7,9,12H,5,8,10H2. The fourth-order valence-corrected chi connectivity index (χ4v) is 2.94. The van der Waals surface area contributed by atoms with Gasteiger partial charge < -0.3 is 4.74 Å². The lowest BCUT2D eigenvalue weighted by Gasteiger charge is -2.03. The Morgan fingerprint density at radius 2 is 2.10 bits per heavy atom. The van der Waals surface area contributed by atoms with Crippen LogP contribution in [0.5, 0.6) is 0 Å². The predicted molar refractivity (Wildman–Crippen MR) is 81.6 cm³/mol. The number of fused-ring (bicyclic) bond motifs is 1. The van der Waals surface area contributed by atoms with Gasteiger partial charge in [0.05, 0.1) is 24.0 Å². The van der Waals surface area contributed by atoms with Crippen LogP contribution < -0.4 is 0 Å². The van der Waals surface area contributed by atoms with Crippen molar-refractivity contribution in [1.82, 2.24) is 14.4 Å². The molecule has 21 heavy (non-hydrogen) atoms. The molecule has 0 N–H and O–H groups in total. The highest BCUT2D eigenvalue weighted by Crippen LogP contribution is 2.31. The summed E-state index contributed by atoms with van der Waals surface area (Å²) in [4.78, 5) is 9.11. The minimum Gasteiger partial charge on any atom is -0.381 e. The fraction of sp³-hybridized carbons (Fsp3) is 0.250. The number of imidazole rings is 1. The molecular formula is C16H14ClN3O. The van der Waals surface area contributed by atoms with Gasteiger partial charge in [-0.3, -0.25) is 9.38 Å². The highest BCUT2D eigenvalue weighted by molar-refractivity contribution is 6.30. The SMILES string of the molecule is Clc1ccc(-c2nc(C3CCOC3)c3cnccn23)cc1. The number of benzene rings is 1. The zero-order chi connectivity index (χ0) is 14.2. The van der Waals surface area contributed by atoms with Crippen molar-refractivity contribution in [2.75, 3.05) is 13.2 Å². The molecule has 2 aromatic heterocycles. The summed E-state index contributed by atoms with van der Waals surface area (Å²) in [5, 5.41) is 0.727. The first kappa shape index (κ1) is 12.8. The predicted octanol–water partition coefficient (Wildman–Crippen LogP) is 3.55. The lowest BCUT2D eigenvalue weighted by molar-refractivity contribution is 0.193. The van der Waals surface area contributed by atoms with E-state index < -0.39 is 0 Å². The summed E-state index contributed by atoms with van der Waals surface area (Å²) in [5.74, 6) is 1.27. The van der Waals surface area contributed by atoms with E-state index in [2.05, 4.69) is 9.38 Å². The van der Waals surface area contributed by atoms with Gasteiger partial charge in [0.25, 0.3) is 0 Å². The average Bonchev–Trinajstić information content (AvgIpc) is 3.15. The first-order valence-electron chi connectivity index (χ1n) is 6.98. The monoisotopic (exact) mass is 299 g/mol. The molecule has 3 aromatic rings. The molecule has 1 saturated heterocycles. The summed E-state index contributed by atoms with van der Waals surface area (Å²) in [6.45, 7) is 1.54. The lowest BCUT2D eigenvalue weighted by Crippen LogP contribution is -1.98. The maximum absolute atomic E-state index is 5.97. The largest absolute Gasteiger partial charge is 0.381 e. The van der Waals surface area contributed by atoms with E-state index in [9.17, 15) is 0 Å². The van der Waals surface area contributed by atoms with Crippen LogP contribution in [0.2, 0.25) is 5.02 Å². The Morgan fingerprint density at radius 1 is 1.24 bits per heavy atom. The first-order chi connectivity index (χ1) is 10.3. The molecular weight excluding hydrogens is 286 g/mol. The van der Waals surface area contributed by atoms with Crippen LogP contribution >= 0.6 is 11.6 Å². The molecule has 0 radical (unpaired) electrons. The molecule has 1 fully saturated rings. The maximum Gasteiger partial charge on any atom is 0.144 e. The highest BCUT2D eigenvalue weighted by Gasteiger charge is 2.24. The van der Waals surface area contributed by atoms with Crippen molar-refractivity contribution in [2.45, 2.75) is 12.3 Å². The Labute approximate surface area is 127 Å². The third-order valence-corrected chi connectivity index (χ3v) is 4.15. The average molecular weight is 300 g/mol. The Bertz CT molecular complexity index is 776. The lowest BCUT2D eigenvalue weighted by atomic mass is 10.0. The van der Waals surface area contributed by atoms with Crippen molar-refractivity contribution in [3.63, 3.8) is 0 Å². The van der Waals surface area contributed by atoms with Gasteiger partial charge in [0.15, 0.2) is 0 Å². The molecule has 5 heteroatoms. The Balaban J connectivity index is 1.90. The van der Waals surface area contributed by atoms with Crippen LogP contribution in [0.4, 0.5) is 0 Å². The van der Waals surface area contributed by atoms with E-state index in [0.29, 0.717) is 5.92 Å². The second-order valence-corrected chi connectivity index (χ2v) is 5.66. The number of aromatic nitrogens is 3. The van der Waals surface area contributed by atoms with E-state index in [1.165, 1.54) is 0 Å². The second kappa shape index (κ2) is 5.13. The number of hydrogen-bond acceptors (Lipinski definition) is 3. The van der Waals surface area contributed by atoms with Crippen molar-refractivity contribution in [3.05, 3.63) is 53.6 Å². The van der Waals surface area contributed by atoms with E-state index in [1.54, 1.807) is 6.20 Å². The quantitative estimate of drug-likeness (QED) is 0.726.